The summed E-state index contributed by atoms with van der Waals surface area (Å²) in [7, 11) is 2.13. The second kappa shape index (κ2) is 13.8. The number of nitrogens with one attached hydrogen (secondary N) is 1. The van der Waals surface area contributed by atoms with Crippen molar-refractivity contribution in [2.24, 2.45) is 0 Å². The van der Waals surface area contributed by atoms with Gasteiger partial charge in [0.15, 0.2) is 17.0 Å². The van der Waals surface area contributed by atoms with E-state index in [0.29, 0.717) is 18.6 Å². The number of ether oxygens (including phenoxy) is 2. The molecule has 1 saturated heterocycles. The van der Waals surface area contributed by atoms with E-state index in [4.69, 9.17) is 29.5 Å². The fraction of sp³-hybridized carbons (Fsp3) is 0.600. The van der Waals surface area contributed by atoms with Crippen LogP contribution in [0.25, 0.3) is 11.2 Å². The van der Waals surface area contributed by atoms with Gasteiger partial charge in [-0.25, -0.2) is 4.98 Å². The Kier molecular flexibility index (Phi) is 9.70. The maximum absolute atomic E-state index is 10.6. The Labute approximate surface area is 236 Å². The molecule has 10 heteroatoms. The van der Waals surface area contributed by atoms with E-state index in [1.807, 2.05) is 30.6 Å². The molecular weight excluding hydrogens is 508 g/mol. The van der Waals surface area contributed by atoms with Crippen molar-refractivity contribution in [1.82, 2.24) is 19.5 Å². The topological polar surface area (TPSA) is 115 Å². The zero-order valence-electron chi connectivity index (χ0n) is 23.6. The highest BCUT2D eigenvalue weighted by Crippen LogP contribution is 2.33. The van der Waals surface area contributed by atoms with E-state index in [1.165, 1.54) is 32.1 Å². The summed E-state index contributed by atoms with van der Waals surface area (Å²) in [6.45, 7) is 1.37. The first-order valence-corrected chi connectivity index (χ1v) is 14.9. The summed E-state index contributed by atoms with van der Waals surface area (Å²) in [6.07, 6.45) is 14.9. The van der Waals surface area contributed by atoms with Crippen LogP contribution in [-0.4, -0.2) is 56.9 Å². The zero-order chi connectivity index (χ0) is 27.7. The number of imidazole rings is 1. The van der Waals surface area contributed by atoms with Gasteiger partial charge in [0, 0.05) is 31.8 Å². The first-order valence-electron chi connectivity index (χ1n) is 14.9. The summed E-state index contributed by atoms with van der Waals surface area (Å²) in [6, 6.07) is 8.29. The lowest BCUT2D eigenvalue weighted by atomic mass is 9.94. The monoisotopic (exact) mass is 550 g/mol. The van der Waals surface area contributed by atoms with Crippen LogP contribution in [0.5, 0.6) is 5.75 Å². The summed E-state index contributed by atoms with van der Waals surface area (Å²) in [5.74, 6) is 1.47. The molecule has 0 spiro atoms. The number of rotatable bonds is 13. The standard InChI is InChI=1S/C30H42N6O4/c1-35(23-11-5-4-6-12-23)28-27-29(36(21-31-27)25-13-8-10-20-40-25)34-30(33-28)32-22-15-17-24(18-16-22)39-19-9-3-2-7-14-26(37)38/h15-18,21,23,25H,2-14,19-20H2,1H3,(H,37,38)(H,32,33,34). The van der Waals surface area contributed by atoms with E-state index < -0.39 is 5.97 Å². The largest absolute Gasteiger partial charge is 0.494 e. The minimum atomic E-state index is -0.730. The van der Waals surface area contributed by atoms with Gasteiger partial charge < -0.3 is 24.8 Å². The van der Waals surface area contributed by atoms with Crippen molar-refractivity contribution >= 4 is 34.6 Å². The van der Waals surface area contributed by atoms with E-state index in [2.05, 4.69) is 21.8 Å². The molecule has 2 aromatic heterocycles. The second-order valence-electron chi connectivity index (χ2n) is 11.0. The van der Waals surface area contributed by atoms with Gasteiger partial charge in [0.1, 0.15) is 12.0 Å². The maximum Gasteiger partial charge on any atom is 0.303 e. The van der Waals surface area contributed by atoms with Crippen LogP contribution in [0.3, 0.4) is 0 Å². The van der Waals surface area contributed by atoms with Gasteiger partial charge in [-0.05, 0) is 69.2 Å². The molecule has 2 fully saturated rings. The van der Waals surface area contributed by atoms with Crippen LogP contribution in [0.2, 0.25) is 0 Å². The van der Waals surface area contributed by atoms with Crippen LogP contribution in [0, 0.1) is 0 Å². The molecule has 1 aromatic carbocycles. The number of hydrogen-bond donors (Lipinski definition) is 2. The van der Waals surface area contributed by atoms with Crippen molar-refractivity contribution in [1.29, 1.82) is 0 Å². The number of unbranched alkanes of at least 4 members (excludes halogenated alkanes) is 3. The SMILES string of the molecule is CN(c1nc(Nc2ccc(OCCCCCCC(=O)O)cc2)nc2c1ncn2C1CCCCO1)C1CCCCC1. The van der Waals surface area contributed by atoms with Gasteiger partial charge in [0.2, 0.25) is 5.95 Å². The molecule has 1 atom stereocenters. The van der Waals surface area contributed by atoms with Gasteiger partial charge in [-0.1, -0.05) is 32.1 Å². The molecule has 2 aliphatic rings. The van der Waals surface area contributed by atoms with Crippen molar-refractivity contribution in [2.45, 2.75) is 95.7 Å². The Morgan fingerprint density at radius 3 is 2.58 bits per heavy atom. The number of carboxylic acids is 1. The molecule has 2 N–H and O–H groups in total. The Hall–Kier alpha value is -3.40. The lowest BCUT2D eigenvalue weighted by Crippen LogP contribution is -2.34. The third kappa shape index (κ3) is 7.21. The van der Waals surface area contributed by atoms with Crippen LogP contribution in [0.4, 0.5) is 17.5 Å². The normalized spacial score (nSPS) is 18.1. The number of carbonyl (C=O) groups is 1. The summed E-state index contributed by atoms with van der Waals surface area (Å²) >= 11 is 0. The fourth-order valence-electron chi connectivity index (χ4n) is 5.68. The first kappa shape index (κ1) is 28.1. The maximum atomic E-state index is 10.6. The second-order valence-corrected chi connectivity index (χ2v) is 11.0. The van der Waals surface area contributed by atoms with Crippen molar-refractivity contribution in [3.63, 3.8) is 0 Å². The summed E-state index contributed by atoms with van der Waals surface area (Å²) in [5.41, 5.74) is 2.50. The van der Waals surface area contributed by atoms with Crippen molar-refractivity contribution in [3.05, 3.63) is 30.6 Å². The van der Waals surface area contributed by atoms with Crippen LogP contribution in [0.15, 0.2) is 30.6 Å². The Morgan fingerprint density at radius 2 is 1.82 bits per heavy atom. The van der Waals surface area contributed by atoms with E-state index >= 15 is 0 Å². The van der Waals surface area contributed by atoms with E-state index in [-0.39, 0.29) is 12.6 Å². The number of aromatic nitrogens is 4. The first-order chi connectivity index (χ1) is 19.6. The number of fused-ring (bicyclic) bond motifs is 1. The molecule has 216 valence electrons. The molecule has 3 aromatic rings. The minimum absolute atomic E-state index is 0.0528. The van der Waals surface area contributed by atoms with Gasteiger partial charge in [0.25, 0.3) is 0 Å². The van der Waals surface area contributed by atoms with Crippen molar-refractivity contribution < 1.29 is 19.4 Å². The molecule has 0 radical (unpaired) electrons. The number of aliphatic carboxylic acids is 1. The minimum Gasteiger partial charge on any atom is -0.494 e. The number of carboxylic acid groups (broad SMARTS) is 1. The number of benzene rings is 1. The Balaban J connectivity index is 1.28. The predicted octanol–water partition coefficient (Wildman–Crippen LogP) is 6.45. The Morgan fingerprint density at radius 1 is 1.05 bits per heavy atom. The molecule has 5 rings (SSSR count). The van der Waals surface area contributed by atoms with Gasteiger partial charge in [-0.3, -0.25) is 9.36 Å². The highest BCUT2D eigenvalue weighted by molar-refractivity contribution is 5.85. The molecule has 0 amide bonds. The molecule has 40 heavy (non-hydrogen) atoms. The number of nitrogens with zero attached hydrogens (tertiary/aromatic N) is 5. The molecule has 3 heterocycles. The highest BCUT2D eigenvalue weighted by atomic mass is 16.5. The van der Waals surface area contributed by atoms with Crippen LogP contribution in [-0.2, 0) is 9.53 Å². The van der Waals surface area contributed by atoms with Crippen LogP contribution >= 0.6 is 0 Å². The average molecular weight is 551 g/mol. The molecule has 1 aliphatic carbocycles. The third-order valence-electron chi connectivity index (χ3n) is 7.99. The summed E-state index contributed by atoms with van der Waals surface area (Å²) < 4.78 is 14.0. The molecule has 0 bridgehead atoms. The average Bonchev–Trinajstić information content (AvgIpc) is 3.41. The van der Waals surface area contributed by atoms with E-state index in [1.54, 1.807) is 0 Å². The molecule has 1 aliphatic heterocycles. The molecule has 1 unspecified atom stereocenters. The quantitative estimate of drug-likeness (QED) is 0.232. The third-order valence-corrected chi connectivity index (χ3v) is 7.99. The summed E-state index contributed by atoms with van der Waals surface area (Å²) in [5, 5.41) is 12.1. The molecule has 10 nitrogen and oxygen atoms in total. The highest BCUT2D eigenvalue weighted by Gasteiger charge is 2.26. The molecule has 1 saturated carbocycles. The van der Waals surface area contributed by atoms with Gasteiger partial charge in [0.05, 0.1) is 12.9 Å². The summed E-state index contributed by atoms with van der Waals surface area (Å²) in [4.78, 5) is 27.6. The zero-order valence-corrected chi connectivity index (χ0v) is 23.6. The Bertz CT molecular complexity index is 1230. The number of hydrogen-bond acceptors (Lipinski definition) is 8. The van der Waals surface area contributed by atoms with Crippen LogP contribution in [0.1, 0.15) is 89.7 Å². The molecular formula is C30H42N6O4. The van der Waals surface area contributed by atoms with Crippen LogP contribution < -0.4 is 15.0 Å². The smallest absolute Gasteiger partial charge is 0.303 e. The van der Waals surface area contributed by atoms with E-state index in [9.17, 15) is 4.79 Å². The number of anilines is 3. The van der Waals surface area contributed by atoms with Gasteiger partial charge in [-0.2, -0.15) is 9.97 Å². The fourth-order valence-corrected chi connectivity index (χ4v) is 5.68. The lowest BCUT2D eigenvalue weighted by molar-refractivity contribution is -0.137. The van der Waals surface area contributed by atoms with Crippen molar-refractivity contribution in [3.8, 4) is 5.75 Å². The van der Waals surface area contributed by atoms with Gasteiger partial charge >= 0.3 is 5.97 Å². The van der Waals surface area contributed by atoms with E-state index in [0.717, 1.165) is 80.0 Å². The van der Waals surface area contributed by atoms with Gasteiger partial charge in [-0.15, -0.1) is 0 Å². The predicted molar refractivity (Wildman–Crippen MR) is 155 cm³/mol. The lowest BCUT2D eigenvalue weighted by Gasteiger charge is -2.32. The van der Waals surface area contributed by atoms with Crippen molar-refractivity contribution in [2.75, 3.05) is 30.5 Å².